The van der Waals surface area contributed by atoms with Gasteiger partial charge in [-0.3, -0.25) is 9.78 Å². The van der Waals surface area contributed by atoms with Gasteiger partial charge in [-0.25, -0.2) is 4.98 Å². The number of nitrogen functional groups attached to an aromatic ring is 1. The number of H-pyrrole nitrogens is 1. The number of benzene rings is 2. The van der Waals surface area contributed by atoms with Gasteiger partial charge >= 0.3 is 0 Å². The number of methoxy groups -OCH3 is 1. The minimum absolute atomic E-state index is 0.226. The van der Waals surface area contributed by atoms with Crippen LogP contribution >= 0.6 is 0 Å². The lowest BCUT2D eigenvalue weighted by atomic mass is 9.90. The molecule has 0 atom stereocenters. The van der Waals surface area contributed by atoms with E-state index in [1.54, 1.807) is 19.5 Å². The maximum absolute atomic E-state index is 13.2. The summed E-state index contributed by atoms with van der Waals surface area (Å²) in [5.41, 5.74) is 13.4. The van der Waals surface area contributed by atoms with Gasteiger partial charge in [0.25, 0.3) is 5.56 Å². The van der Waals surface area contributed by atoms with E-state index in [4.69, 9.17) is 15.5 Å². The van der Waals surface area contributed by atoms with Crippen LogP contribution in [0.5, 0.6) is 5.75 Å². The number of nitrogens with zero attached hydrogens (tertiary/aromatic N) is 2. The average Bonchev–Trinajstić information content (AvgIpc) is 3.61. The molecular weight excluding hydrogens is 388 g/mol. The van der Waals surface area contributed by atoms with Gasteiger partial charge in [0.05, 0.1) is 23.7 Å². The fraction of sp³-hybridized carbons (Fsp3) is 0.240. The number of nitrogens with two attached hydrogens (primary N) is 1. The van der Waals surface area contributed by atoms with Crippen molar-refractivity contribution in [2.75, 3.05) is 12.8 Å². The van der Waals surface area contributed by atoms with Gasteiger partial charge in [-0.1, -0.05) is 6.07 Å². The number of nitrogens with one attached hydrogen (secondary N) is 1. The fourth-order valence-corrected chi connectivity index (χ4v) is 4.39. The van der Waals surface area contributed by atoms with Gasteiger partial charge in [-0.15, -0.1) is 0 Å². The summed E-state index contributed by atoms with van der Waals surface area (Å²) >= 11 is 0. The zero-order valence-corrected chi connectivity index (χ0v) is 17.8. The number of hydrogen-bond acceptors (Lipinski definition) is 5. The van der Waals surface area contributed by atoms with E-state index in [1.165, 1.54) is 0 Å². The molecule has 2 heterocycles. The van der Waals surface area contributed by atoms with Crippen molar-refractivity contribution in [3.8, 4) is 28.3 Å². The van der Waals surface area contributed by atoms with Crippen LogP contribution in [0, 0.1) is 13.8 Å². The molecule has 0 bridgehead atoms. The second kappa shape index (κ2) is 7.23. The lowest BCUT2D eigenvalue weighted by Crippen LogP contribution is -2.14. The lowest BCUT2D eigenvalue weighted by Gasteiger charge is -2.18. The molecule has 1 aliphatic rings. The Morgan fingerprint density at radius 3 is 2.55 bits per heavy atom. The molecule has 31 heavy (non-hydrogen) atoms. The molecule has 0 spiro atoms. The van der Waals surface area contributed by atoms with E-state index in [9.17, 15) is 4.79 Å². The highest BCUT2D eigenvalue weighted by molar-refractivity contribution is 6.02. The standard InChI is InChI=1S/C25H24N4O2/c1-13-4-7-19(31-3)14(2)20(13)18-12-17(15-5-6-15)23-21(22(18)26)25(30)29-24(28-23)16-8-10-27-11-9-16/h4,7-12,15H,5-6,26H2,1-3H3,(H,28,29,30). The zero-order chi connectivity index (χ0) is 21.7. The van der Waals surface area contributed by atoms with Crippen LogP contribution in [0.1, 0.15) is 35.4 Å². The van der Waals surface area contributed by atoms with E-state index in [0.717, 1.165) is 52.0 Å². The summed E-state index contributed by atoms with van der Waals surface area (Å²) in [5, 5.41) is 0.457. The van der Waals surface area contributed by atoms with E-state index in [1.807, 2.05) is 31.2 Å². The third kappa shape index (κ3) is 3.15. The summed E-state index contributed by atoms with van der Waals surface area (Å²) < 4.78 is 5.54. The van der Waals surface area contributed by atoms with Crippen LogP contribution in [0.15, 0.2) is 47.5 Å². The molecule has 0 radical (unpaired) electrons. The Morgan fingerprint density at radius 1 is 1.13 bits per heavy atom. The van der Waals surface area contributed by atoms with Gasteiger partial charge in [-0.05, 0) is 79.1 Å². The molecule has 1 saturated carbocycles. The van der Waals surface area contributed by atoms with Crippen molar-refractivity contribution < 1.29 is 4.74 Å². The van der Waals surface area contributed by atoms with Crippen LogP contribution in [0.25, 0.3) is 33.4 Å². The summed E-state index contributed by atoms with van der Waals surface area (Å²) in [5.74, 6) is 1.73. The minimum atomic E-state index is -0.226. The van der Waals surface area contributed by atoms with Crippen LogP contribution < -0.4 is 16.0 Å². The van der Waals surface area contributed by atoms with E-state index in [2.05, 4.69) is 23.0 Å². The number of hydrogen-bond donors (Lipinski definition) is 2. The highest BCUT2D eigenvalue weighted by Crippen LogP contribution is 2.47. The SMILES string of the molecule is COc1ccc(C)c(-c2cc(C3CC3)c3nc(-c4ccncc4)[nH]c(=O)c3c2N)c1C. The molecule has 2 aromatic carbocycles. The topological polar surface area (TPSA) is 93.9 Å². The van der Waals surface area contributed by atoms with Crippen molar-refractivity contribution in [1.29, 1.82) is 0 Å². The molecule has 3 N–H and O–H groups in total. The highest BCUT2D eigenvalue weighted by Gasteiger charge is 2.29. The van der Waals surface area contributed by atoms with Gasteiger partial charge in [0.1, 0.15) is 11.6 Å². The molecule has 156 valence electrons. The number of pyridine rings is 1. The second-order valence-corrected chi connectivity index (χ2v) is 8.16. The first-order valence-electron chi connectivity index (χ1n) is 10.4. The van der Waals surface area contributed by atoms with Crippen molar-refractivity contribution in [1.82, 2.24) is 15.0 Å². The number of anilines is 1. The van der Waals surface area contributed by atoms with E-state index < -0.39 is 0 Å². The molecule has 0 unspecified atom stereocenters. The van der Waals surface area contributed by atoms with Crippen molar-refractivity contribution in [2.45, 2.75) is 32.6 Å². The monoisotopic (exact) mass is 412 g/mol. The van der Waals surface area contributed by atoms with Gasteiger partial charge in [-0.2, -0.15) is 0 Å². The first-order valence-corrected chi connectivity index (χ1v) is 10.4. The van der Waals surface area contributed by atoms with E-state index >= 15 is 0 Å². The molecule has 6 heteroatoms. The Labute approximate surface area is 180 Å². The number of aromatic amines is 1. The molecule has 4 aromatic rings. The maximum atomic E-state index is 13.2. The number of aromatic nitrogens is 3. The number of fused-ring (bicyclic) bond motifs is 1. The normalized spacial score (nSPS) is 13.5. The van der Waals surface area contributed by atoms with Gasteiger partial charge in [0.15, 0.2) is 0 Å². The van der Waals surface area contributed by atoms with E-state index in [-0.39, 0.29) is 5.56 Å². The summed E-state index contributed by atoms with van der Waals surface area (Å²) in [6, 6.07) is 9.79. The van der Waals surface area contributed by atoms with E-state index in [0.29, 0.717) is 28.3 Å². The largest absolute Gasteiger partial charge is 0.496 e. The zero-order valence-electron chi connectivity index (χ0n) is 17.8. The first kappa shape index (κ1) is 19.3. The number of ether oxygens (including phenoxy) is 1. The molecule has 2 aromatic heterocycles. The molecule has 1 aliphatic carbocycles. The van der Waals surface area contributed by atoms with Crippen molar-refractivity contribution in [2.24, 2.45) is 0 Å². The summed E-state index contributed by atoms with van der Waals surface area (Å²) in [6.45, 7) is 4.08. The van der Waals surface area contributed by atoms with Crippen LogP contribution in [0.4, 0.5) is 5.69 Å². The van der Waals surface area contributed by atoms with Crippen LogP contribution in [-0.2, 0) is 0 Å². The summed E-state index contributed by atoms with van der Waals surface area (Å²) in [7, 11) is 1.66. The smallest absolute Gasteiger partial charge is 0.261 e. The molecule has 1 fully saturated rings. The van der Waals surface area contributed by atoms with Crippen LogP contribution in [0.2, 0.25) is 0 Å². The third-order valence-corrected chi connectivity index (χ3v) is 6.14. The second-order valence-electron chi connectivity index (χ2n) is 8.16. The minimum Gasteiger partial charge on any atom is -0.496 e. The summed E-state index contributed by atoms with van der Waals surface area (Å²) in [4.78, 5) is 25.1. The number of aryl methyl sites for hydroxylation is 1. The highest BCUT2D eigenvalue weighted by atomic mass is 16.5. The first-order chi connectivity index (χ1) is 15.0. The average molecular weight is 412 g/mol. The van der Waals surface area contributed by atoms with Gasteiger partial charge < -0.3 is 15.5 Å². The lowest BCUT2D eigenvalue weighted by molar-refractivity contribution is 0.412. The Bertz CT molecular complexity index is 1370. The Hall–Kier alpha value is -3.67. The molecular formula is C25H24N4O2. The van der Waals surface area contributed by atoms with Crippen LogP contribution in [0.3, 0.4) is 0 Å². The van der Waals surface area contributed by atoms with Crippen molar-refractivity contribution in [3.05, 3.63) is 69.8 Å². The third-order valence-electron chi connectivity index (χ3n) is 6.14. The Kier molecular flexibility index (Phi) is 4.50. The fourth-order valence-electron chi connectivity index (χ4n) is 4.39. The molecule has 0 aliphatic heterocycles. The quantitative estimate of drug-likeness (QED) is 0.472. The predicted octanol–water partition coefficient (Wildman–Crippen LogP) is 4.74. The maximum Gasteiger partial charge on any atom is 0.261 e. The van der Waals surface area contributed by atoms with Crippen LogP contribution in [-0.4, -0.2) is 22.1 Å². The predicted molar refractivity (Wildman–Crippen MR) is 123 cm³/mol. The van der Waals surface area contributed by atoms with Crippen molar-refractivity contribution in [3.63, 3.8) is 0 Å². The van der Waals surface area contributed by atoms with Gasteiger partial charge in [0.2, 0.25) is 0 Å². The van der Waals surface area contributed by atoms with Gasteiger partial charge in [0, 0.05) is 23.5 Å². The molecule has 5 rings (SSSR count). The Balaban J connectivity index is 1.84. The molecule has 0 saturated heterocycles. The van der Waals surface area contributed by atoms with Crippen molar-refractivity contribution >= 4 is 16.6 Å². The molecule has 0 amide bonds. The summed E-state index contributed by atoms with van der Waals surface area (Å²) in [6.07, 6.45) is 5.56. The molecule has 6 nitrogen and oxygen atoms in total. The number of rotatable bonds is 4. The Morgan fingerprint density at radius 2 is 1.87 bits per heavy atom.